The smallest absolute Gasteiger partial charge is 1.00 e. The maximum Gasteiger partial charge on any atom is 1.00 e. The van der Waals surface area contributed by atoms with Crippen molar-refractivity contribution in [3.05, 3.63) is 89.0 Å². The summed E-state index contributed by atoms with van der Waals surface area (Å²) in [5.41, 5.74) is 2.60. The van der Waals surface area contributed by atoms with Crippen molar-refractivity contribution < 1.29 is 59.9 Å². The van der Waals surface area contributed by atoms with Gasteiger partial charge in [0.15, 0.2) is 0 Å². The molecule has 2 unspecified atom stereocenters. The first kappa shape index (κ1) is 28.2. The summed E-state index contributed by atoms with van der Waals surface area (Å²) >= 11 is 0. The molecule has 2 aromatic carbocycles. The Hall–Kier alpha value is -1.83. The van der Waals surface area contributed by atoms with Gasteiger partial charge in [0, 0.05) is 6.42 Å². The average Bonchev–Trinajstić information content (AvgIpc) is 2.65. The van der Waals surface area contributed by atoms with E-state index < -0.39 is 30.0 Å². The fraction of sp³-hybridized carbons (Fsp3) is 0.320. The number of carbonyl (C=O) groups is 1. The second kappa shape index (κ2) is 12.4. The number of carboxylic acid groups (broad SMARTS) is 1. The number of allylic oxidation sites excluding steroid dienone is 2. The summed E-state index contributed by atoms with van der Waals surface area (Å²) < 4.78 is 27.1. The average molecular weight is 454 g/mol. The number of aliphatic hydroxyl groups is 2. The second-order valence-electron chi connectivity index (χ2n) is 8.47. The van der Waals surface area contributed by atoms with Crippen molar-refractivity contribution in [3.8, 4) is 0 Å². The molecule has 0 fully saturated rings. The predicted octanol–water partition coefficient (Wildman–Crippen LogP) is 2.07. The largest absolute Gasteiger partial charge is 1.00 e. The number of aliphatic hydroxyl groups excluding tert-OH is 2. The zero-order valence-electron chi connectivity index (χ0n) is 19.8. The van der Waals surface area contributed by atoms with Gasteiger partial charge in [0.25, 0.3) is 0 Å². The van der Waals surface area contributed by atoms with Crippen LogP contribution in [0.2, 0.25) is 0 Å². The standard InChI is InChI=1S/C25H28F2O4.Na.H/c1-25(2,3)22(13-12-20(28)14-21(29)15-23(30)31)24(16-4-8-18(26)9-5-16)17-6-10-19(27)11-7-17;;/h4-13,20-21,28-29H,14-15H2,1-3H3,(H,30,31);;/q;+1;-1/b13-12+;;. The van der Waals surface area contributed by atoms with Crippen molar-refractivity contribution in [3.63, 3.8) is 0 Å². The van der Waals surface area contributed by atoms with Crippen LogP contribution in [0, 0.1) is 17.0 Å². The third-order valence-corrected chi connectivity index (χ3v) is 4.75. The minimum absolute atomic E-state index is 0. The van der Waals surface area contributed by atoms with E-state index in [0.29, 0.717) is 0 Å². The van der Waals surface area contributed by atoms with Crippen LogP contribution in [0.4, 0.5) is 8.78 Å². The summed E-state index contributed by atoms with van der Waals surface area (Å²) in [6.45, 7) is 5.93. The van der Waals surface area contributed by atoms with E-state index in [1.165, 1.54) is 30.3 Å². The Balaban J connectivity index is 0.00000512. The molecule has 0 amide bonds. The normalized spacial score (nSPS) is 13.3. The molecule has 0 bridgehead atoms. The van der Waals surface area contributed by atoms with Crippen LogP contribution in [0.25, 0.3) is 5.57 Å². The topological polar surface area (TPSA) is 77.8 Å². The second-order valence-corrected chi connectivity index (χ2v) is 8.47. The third-order valence-electron chi connectivity index (χ3n) is 4.75. The van der Waals surface area contributed by atoms with Crippen molar-refractivity contribution >= 4 is 11.5 Å². The predicted molar refractivity (Wildman–Crippen MR) is 117 cm³/mol. The van der Waals surface area contributed by atoms with Gasteiger partial charge in [0.1, 0.15) is 11.6 Å². The van der Waals surface area contributed by atoms with Gasteiger partial charge in [-0.25, -0.2) is 8.78 Å². The number of benzene rings is 2. The van der Waals surface area contributed by atoms with Crippen molar-refractivity contribution in [2.75, 3.05) is 0 Å². The SMILES string of the molecule is CC(C)(C)C(/C=C/C(O)CC(O)CC(=O)O)=C(c1ccc(F)cc1)c1ccc(F)cc1.[H-].[Na+]. The minimum Gasteiger partial charge on any atom is -1.00 e. The van der Waals surface area contributed by atoms with Gasteiger partial charge in [0.05, 0.1) is 18.6 Å². The van der Waals surface area contributed by atoms with Crippen LogP contribution in [-0.4, -0.2) is 33.5 Å². The van der Waals surface area contributed by atoms with Crippen molar-refractivity contribution in [1.82, 2.24) is 0 Å². The van der Waals surface area contributed by atoms with E-state index in [-0.39, 0.29) is 49.0 Å². The quantitative estimate of drug-likeness (QED) is 0.422. The monoisotopic (exact) mass is 454 g/mol. The first-order chi connectivity index (χ1) is 14.5. The molecule has 3 N–H and O–H groups in total. The van der Waals surface area contributed by atoms with E-state index in [9.17, 15) is 23.8 Å². The maximum absolute atomic E-state index is 13.5. The molecule has 0 saturated heterocycles. The molecule has 0 spiro atoms. The molecule has 2 atom stereocenters. The summed E-state index contributed by atoms with van der Waals surface area (Å²) in [4.78, 5) is 10.7. The van der Waals surface area contributed by atoms with E-state index in [1.807, 2.05) is 20.8 Å². The van der Waals surface area contributed by atoms with Crippen LogP contribution in [-0.2, 0) is 4.79 Å². The van der Waals surface area contributed by atoms with Gasteiger partial charge in [-0.3, -0.25) is 4.79 Å². The molecule has 2 aromatic rings. The Bertz CT molecular complexity index is 904. The maximum atomic E-state index is 13.5. The van der Waals surface area contributed by atoms with Crippen LogP contribution < -0.4 is 29.6 Å². The Morgan fingerprint density at radius 1 is 0.969 bits per heavy atom. The number of carboxylic acids is 1. The van der Waals surface area contributed by atoms with Crippen LogP contribution in [0.15, 0.2) is 66.3 Å². The number of rotatable bonds is 8. The fourth-order valence-electron chi connectivity index (χ4n) is 3.27. The molecule has 2 rings (SSSR count). The Morgan fingerprint density at radius 2 is 1.41 bits per heavy atom. The molecule has 0 saturated carbocycles. The first-order valence-electron chi connectivity index (χ1n) is 10.00. The summed E-state index contributed by atoms with van der Waals surface area (Å²) in [5.74, 6) is -1.90. The van der Waals surface area contributed by atoms with Crippen LogP contribution in [0.3, 0.4) is 0 Å². The molecule has 0 radical (unpaired) electrons. The molecule has 0 aliphatic heterocycles. The molecular formula is C25H29F2NaO4. The summed E-state index contributed by atoms with van der Waals surface area (Å²) in [6.07, 6.45) is 0.410. The van der Waals surface area contributed by atoms with Crippen LogP contribution in [0.1, 0.15) is 46.2 Å². The van der Waals surface area contributed by atoms with Gasteiger partial charge in [-0.1, -0.05) is 57.2 Å². The van der Waals surface area contributed by atoms with E-state index in [0.717, 1.165) is 22.3 Å². The van der Waals surface area contributed by atoms with E-state index in [4.69, 9.17) is 5.11 Å². The van der Waals surface area contributed by atoms with Gasteiger partial charge >= 0.3 is 35.5 Å². The fourth-order valence-corrected chi connectivity index (χ4v) is 3.27. The van der Waals surface area contributed by atoms with Crippen LogP contribution >= 0.6 is 0 Å². The van der Waals surface area contributed by atoms with E-state index in [2.05, 4.69) is 0 Å². The summed E-state index contributed by atoms with van der Waals surface area (Å²) in [7, 11) is 0. The van der Waals surface area contributed by atoms with E-state index in [1.54, 1.807) is 30.3 Å². The number of halogens is 2. The number of hydrogen-bond donors (Lipinski definition) is 3. The van der Waals surface area contributed by atoms with Gasteiger partial charge in [-0.05, 0) is 52.0 Å². The Morgan fingerprint density at radius 3 is 1.78 bits per heavy atom. The van der Waals surface area contributed by atoms with Gasteiger partial charge in [-0.15, -0.1) is 0 Å². The first-order valence-corrected chi connectivity index (χ1v) is 10.00. The Kier molecular flexibility index (Phi) is 10.9. The van der Waals surface area contributed by atoms with Gasteiger partial charge < -0.3 is 16.7 Å². The minimum atomic E-state index is -1.17. The molecule has 0 heterocycles. The molecule has 0 aliphatic rings. The Labute approximate surface area is 211 Å². The van der Waals surface area contributed by atoms with Crippen molar-refractivity contribution in [2.45, 2.75) is 45.8 Å². The van der Waals surface area contributed by atoms with E-state index >= 15 is 0 Å². The molecule has 4 nitrogen and oxygen atoms in total. The molecule has 32 heavy (non-hydrogen) atoms. The number of aliphatic carboxylic acids is 1. The van der Waals surface area contributed by atoms with Gasteiger partial charge in [-0.2, -0.15) is 0 Å². The zero-order valence-corrected chi connectivity index (χ0v) is 20.8. The van der Waals surface area contributed by atoms with Crippen molar-refractivity contribution in [2.24, 2.45) is 5.41 Å². The van der Waals surface area contributed by atoms with Crippen LogP contribution in [0.5, 0.6) is 0 Å². The molecule has 0 aromatic heterocycles. The molecule has 0 aliphatic carbocycles. The van der Waals surface area contributed by atoms with Crippen molar-refractivity contribution in [1.29, 1.82) is 0 Å². The molecule has 168 valence electrons. The van der Waals surface area contributed by atoms with Gasteiger partial charge in [0.2, 0.25) is 0 Å². The molecular weight excluding hydrogens is 425 g/mol. The number of hydrogen-bond acceptors (Lipinski definition) is 3. The third kappa shape index (κ3) is 8.60. The summed E-state index contributed by atoms with van der Waals surface area (Å²) in [5, 5.41) is 28.8. The zero-order chi connectivity index (χ0) is 23.2. The molecule has 7 heteroatoms. The summed E-state index contributed by atoms with van der Waals surface area (Å²) in [6, 6.07) is 11.9.